The molecule has 1 heterocycles. The van der Waals surface area contributed by atoms with E-state index in [-0.39, 0.29) is 11.3 Å². The first kappa shape index (κ1) is 15.7. The summed E-state index contributed by atoms with van der Waals surface area (Å²) in [4.78, 5) is 11.8. The van der Waals surface area contributed by atoms with E-state index in [9.17, 15) is 4.79 Å². The van der Waals surface area contributed by atoms with E-state index in [0.29, 0.717) is 26.2 Å². The van der Waals surface area contributed by atoms with Gasteiger partial charge in [-0.2, -0.15) is 0 Å². The summed E-state index contributed by atoms with van der Waals surface area (Å²) in [5.74, 6) is 1.74. The summed E-state index contributed by atoms with van der Waals surface area (Å²) in [6.07, 6.45) is 1.35. The molecule has 1 amide bonds. The molecule has 1 aromatic carbocycles. The average molecular weight is 291 g/mol. The average Bonchev–Trinajstić information content (AvgIpc) is 2.37. The number of carbonyl (C=O) groups excluding carboxylic acids is 1. The summed E-state index contributed by atoms with van der Waals surface area (Å²) < 4.78 is 11.2. The highest BCUT2D eigenvalue weighted by Gasteiger charge is 2.16. The van der Waals surface area contributed by atoms with Crippen molar-refractivity contribution in [1.82, 2.24) is 5.32 Å². The predicted octanol–water partition coefficient (Wildman–Crippen LogP) is 2.86. The molecule has 0 aromatic heterocycles. The minimum Gasteiger partial charge on any atom is -0.486 e. The highest BCUT2D eigenvalue weighted by Crippen LogP contribution is 2.33. The highest BCUT2D eigenvalue weighted by molar-refractivity contribution is 5.76. The topological polar surface area (TPSA) is 47.6 Å². The van der Waals surface area contributed by atoms with Crippen molar-refractivity contribution in [1.29, 1.82) is 0 Å². The first-order chi connectivity index (χ1) is 9.85. The molecule has 21 heavy (non-hydrogen) atoms. The molecule has 0 saturated heterocycles. The van der Waals surface area contributed by atoms with Gasteiger partial charge in [-0.3, -0.25) is 4.79 Å². The van der Waals surface area contributed by atoms with E-state index in [1.54, 1.807) is 0 Å². The molecule has 0 spiro atoms. The maximum atomic E-state index is 11.8. The van der Waals surface area contributed by atoms with Crippen LogP contribution in [0, 0.1) is 12.3 Å². The van der Waals surface area contributed by atoms with Crippen LogP contribution in [-0.2, 0) is 11.2 Å². The predicted molar refractivity (Wildman–Crippen MR) is 83.0 cm³/mol. The molecule has 0 radical (unpaired) electrons. The van der Waals surface area contributed by atoms with Crippen LogP contribution in [0.25, 0.3) is 0 Å². The lowest BCUT2D eigenvalue weighted by molar-refractivity contribution is -0.122. The number of hydrogen-bond acceptors (Lipinski definition) is 3. The van der Waals surface area contributed by atoms with Crippen molar-refractivity contribution in [2.75, 3.05) is 19.8 Å². The standard InChI is InChI=1S/C17H25NO3/c1-12-9-14-15(21-8-7-20-14)10-13(12)5-6-18-16(19)11-17(2,3)4/h9-10H,5-8,11H2,1-4H3,(H,18,19). The molecule has 1 N–H and O–H groups in total. The summed E-state index contributed by atoms with van der Waals surface area (Å²) in [6, 6.07) is 4.04. The van der Waals surface area contributed by atoms with E-state index in [1.807, 2.05) is 12.1 Å². The number of benzene rings is 1. The summed E-state index contributed by atoms with van der Waals surface area (Å²) in [7, 11) is 0. The zero-order valence-electron chi connectivity index (χ0n) is 13.4. The van der Waals surface area contributed by atoms with Gasteiger partial charge in [-0.25, -0.2) is 0 Å². The quantitative estimate of drug-likeness (QED) is 0.928. The number of hydrogen-bond donors (Lipinski definition) is 1. The Morgan fingerprint density at radius 2 is 1.81 bits per heavy atom. The number of nitrogens with one attached hydrogen (secondary N) is 1. The minimum absolute atomic E-state index is 0.0248. The number of carbonyl (C=O) groups is 1. The second kappa shape index (κ2) is 6.37. The van der Waals surface area contributed by atoms with Crippen molar-refractivity contribution in [2.45, 2.75) is 40.5 Å². The third kappa shape index (κ3) is 4.66. The molecule has 116 valence electrons. The smallest absolute Gasteiger partial charge is 0.220 e. The number of amides is 1. The Bertz CT molecular complexity index is 518. The monoisotopic (exact) mass is 291 g/mol. The first-order valence-electron chi connectivity index (χ1n) is 7.51. The van der Waals surface area contributed by atoms with Crippen LogP contribution in [0.2, 0.25) is 0 Å². The van der Waals surface area contributed by atoms with Gasteiger partial charge in [0, 0.05) is 13.0 Å². The Labute approximate surface area is 126 Å². The molecule has 0 atom stereocenters. The fourth-order valence-electron chi connectivity index (χ4n) is 2.38. The SMILES string of the molecule is Cc1cc2c(cc1CCNC(=O)CC(C)(C)C)OCCO2. The lowest BCUT2D eigenvalue weighted by atomic mass is 9.92. The van der Waals surface area contributed by atoms with Crippen LogP contribution >= 0.6 is 0 Å². The van der Waals surface area contributed by atoms with Crippen molar-refractivity contribution >= 4 is 5.91 Å². The van der Waals surface area contributed by atoms with Gasteiger partial charge in [0.1, 0.15) is 13.2 Å². The molecule has 0 saturated carbocycles. The van der Waals surface area contributed by atoms with Gasteiger partial charge >= 0.3 is 0 Å². The van der Waals surface area contributed by atoms with Crippen LogP contribution in [0.5, 0.6) is 11.5 Å². The minimum atomic E-state index is 0.0248. The largest absolute Gasteiger partial charge is 0.486 e. The number of aryl methyl sites for hydroxylation is 1. The van der Waals surface area contributed by atoms with Crippen LogP contribution in [0.3, 0.4) is 0 Å². The van der Waals surface area contributed by atoms with Gasteiger partial charge in [0.2, 0.25) is 5.91 Å². The molecule has 4 heteroatoms. The molecular formula is C17H25NO3. The maximum absolute atomic E-state index is 11.8. The van der Waals surface area contributed by atoms with Crippen molar-refractivity contribution in [3.05, 3.63) is 23.3 Å². The number of ether oxygens (including phenoxy) is 2. The number of fused-ring (bicyclic) bond motifs is 1. The fraction of sp³-hybridized carbons (Fsp3) is 0.588. The van der Waals surface area contributed by atoms with E-state index < -0.39 is 0 Å². The second-order valence-corrected chi connectivity index (χ2v) is 6.76. The third-order valence-electron chi connectivity index (χ3n) is 3.41. The molecule has 0 aliphatic carbocycles. The van der Waals surface area contributed by atoms with E-state index in [0.717, 1.165) is 17.9 Å². The molecule has 0 fully saturated rings. The summed E-state index contributed by atoms with van der Waals surface area (Å²) >= 11 is 0. The second-order valence-electron chi connectivity index (χ2n) is 6.76. The van der Waals surface area contributed by atoms with Gasteiger partial charge in [0.25, 0.3) is 0 Å². The normalized spacial score (nSPS) is 13.9. The zero-order valence-corrected chi connectivity index (χ0v) is 13.4. The van der Waals surface area contributed by atoms with E-state index in [4.69, 9.17) is 9.47 Å². The highest BCUT2D eigenvalue weighted by atomic mass is 16.6. The van der Waals surface area contributed by atoms with Gasteiger partial charge < -0.3 is 14.8 Å². The van der Waals surface area contributed by atoms with Crippen molar-refractivity contribution in [3.63, 3.8) is 0 Å². The molecule has 0 unspecified atom stereocenters. The Kier molecular flexibility index (Phi) is 4.76. The molecule has 0 bridgehead atoms. The van der Waals surface area contributed by atoms with Gasteiger partial charge in [-0.15, -0.1) is 0 Å². The van der Waals surface area contributed by atoms with Crippen molar-refractivity contribution in [3.8, 4) is 11.5 Å². The zero-order chi connectivity index (χ0) is 15.5. The van der Waals surface area contributed by atoms with Crippen LogP contribution in [0.4, 0.5) is 0 Å². The van der Waals surface area contributed by atoms with E-state index in [1.165, 1.54) is 11.1 Å². The van der Waals surface area contributed by atoms with E-state index >= 15 is 0 Å². The molecule has 4 nitrogen and oxygen atoms in total. The summed E-state index contributed by atoms with van der Waals surface area (Å²) in [5.41, 5.74) is 2.39. The van der Waals surface area contributed by atoms with Crippen LogP contribution in [0.1, 0.15) is 38.3 Å². The molecular weight excluding hydrogens is 266 g/mol. The Balaban J connectivity index is 1.90. The van der Waals surface area contributed by atoms with E-state index in [2.05, 4.69) is 33.0 Å². The van der Waals surface area contributed by atoms with Gasteiger partial charge in [-0.05, 0) is 42.0 Å². The van der Waals surface area contributed by atoms with Crippen LogP contribution < -0.4 is 14.8 Å². The van der Waals surface area contributed by atoms with Crippen LogP contribution in [0.15, 0.2) is 12.1 Å². The maximum Gasteiger partial charge on any atom is 0.220 e. The van der Waals surface area contributed by atoms with Crippen molar-refractivity contribution in [2.24, 2.45) is 5.41 Å². The Morgan fingerprint density at radius 3 is 2.43 bits per heavy atom. The fourth-order valence-corrected chi connectivity index (χ4v) is 2.38. The lowest BCUT2D eigenvalue weighted by Crippen LogP contribution is -2.29. The molecule has 1 aromatic rings. The number of rotatable bonds is 4. The van der Waals surface area contributed by atoms with Gasteiger partial charge in [0.05, 0.1) is 0 Å². The first-order valence-corrected chi connectivity index (χ1v) is 7.51. The molecule has 1 aliphatic rings. The summed E-state index contributed by atoms with van der Waals surface area (Å²) in [5, 5.41) is 2.98. The van der Waals surface area contributed by atoms with Crippen molar-refractivity contribution < 1.29 is 14.3 Å². The van der Waals surface area contributed by atoms with Gasteiger partial charge in [0.15, 0.2) is 11.5 Å². The Morgan fingerprint density at radius 1 is 1.19 bits per heavy atom. The van der Waals surface area contributed by atoms with Gasteiger partial charge in [-0.1, -0.05) is 20.8 Å². The summed E-state index contributed by atoms with van der Waals surface area (Å²) in [6.45, 7) is 10.1. The Hall–Kier alpha value is -1.71. The lowest BCUT2D eigenvalue weighted by Gasteiger charge is -2.20. The third-order valence-corrected chi connectivity index (χ3v) is 3.41. The van der Waals surface area contributed by atoms with Crippen LogP contribution in [-0.4, -0.2) is 25.7 Å². The molecule has 2 rings (SSSR count). The molecule has 1 aliphatic heterocycles.